The van der Waals surface area contributed by atoms with Gasteiger partial charge in [0, 0.05) is 0 Å². The van der Waals surface area contributed by atoms with E-state index in [4.69, 9.17) is 4.43 Å². The summed E-state index contributed by atoms with van der Waals surface area (Å²) in [7, 11) is 2.79. The zero-order valence-corrected chi connectivity index (χ0v) is 13.4. The fourth-order valence-corrected chi connectivity index (χ4v) is 5.65. The lowest BCUT2D eigenvalue weighted by atomic mass is 10.7. The second kappa shape index (κ2) is 5.60. The molecule has 1 unspecified atom stereocenters. The van der Waals surface area contributed by atoms with Crippen LogP contribution in [0.3, 0.4) is 0 Å². The Hall–Kier alpha value is 0.0669. The van der Waals surface area contributed by atoms with Gasteiger partial charge in [-0.15, -0.1) is 0 Å². The van der Waals surface area contributed by atoms with Crippen LogP contribution in [0.25, 0.3) is 0 Å². The summed E-state index contributed by atoms with van der Waals surface area (Å²) in [6, 6.07) is 0. The predicted octanol–water partition coefficient (Wildman–Crippen LogP) is 2.67. The van der Waals surface area contributed by atoms with Crippen molar-refractivity contribution in [2.24, 2.45) is 0 Å². The largest absolute Gasteiger partial charge is 0.402 e. The van der Waals surface area contributed by atoms with Crippen LogP contribution < -0.4 is 0 Å². The Morgan fingerprint density at radius 3 is 1.75 bits per heavy atom. The second-order valence-corrected chi connectivity index (χ2v) is 12.9. The van der Waals surface area contributed by atoms with E-state index in [1.54, 1.807) is 15.4 Å². The predicted molar refractivity (Wildman–Crippen MR) is 73.4 cm³/mol. The van der Waals surface area contributed by atoms with Gasteiger partial charge in [0.2, 0.25) is 7.44 Å². The fourth-order valence-electron chi connectivity index (χ4n) is 1.43. The lowest BCUT2D eigenvalue weighted by Crippen LogP contribution is -2.37. The third-order valence-corrected chi connectivity index (χ3v) is 6.58. The molecule has 0 aromatic carbocycles. The molecule has 0 saturated carbocycles. The van der Waals surface area contributed by atoms with Crippen molar-refractivity contribution in [2.75, 3.05) is 28.2 Å². The fraction of sp³-hybridized carbons (Fsp3) is 0.800. The van der Waals surface area contributed by atoms with Gasteiger partial charge < -0.3 is 4.43 Å². The van der Waals surface area contributed by atoms with E-state index in [0.29, 0.717) is 0 Å². The summed E-state index contributed by atoms with van der Waals surface area (Å²) in [4.78, 5) is 0. The van der Waals surface area contributed by atoms with Crippen molar-refractivity contribution in [1.29, 1.82) is 0 Å². The van der Waals surface area contributed by atoms with E-state index >= 15 is 0 Å². The highest BCUT2D eigenvalue weighted by molar-refractivity contribution is 7.59. The van der Waals surface area contributed by atoms with Crippen molar-refractivity contribution < 1.29 is 8.99 Å². The number of hydrogen-bond acceptors (Lipinski definition) is 2. The van der Waals surface area contributed by atoms with Crippen molar-refractivity contribution >= 4 is 15.8 Å². The molecule has 0 bridgehead atoms. The SMILES string of the molecule is C=CC(O[Si](C)(C)C)P(=O)(N(C)C)N(C)C. The Balaban J connectivity index is 5.18. The van der Waals surface area contributed by atoms with Gasteiger partial charge in [0.15, 0.2) is 8.32 Å². The standard InChI is InChI=1S/C10H25N2O2PSi/c1-9-10(14-16(6,7)8)15(13,11(2)3)12(4)5/h9-10H,1H2,2-8H3. The first-order valence-electron chi connectivity index (χ1n) is 5.31. The summed E-state index contributed by atoms with van der Waals surface area (Å²) in [5.74, 6) is -0.427. The maximum atomic E-state index is 12.9. The van der Waals surface area contributed by atoms with Crippen molar-refractivity contribution in [3.05, 3.63) is 12.7 Å². The average molecular weight is 264 g/mol. The minimum absolute atomic E-state index is 0.427. The average Bonchev–Trinajstić information content (AvgIpc) is 2.10. The van der Waals surface area contributed by atoms with E-state index in [2.05, 4.69) is 26.2 Å². The van der Waals surface area contributed by atoms with Crippen molar-refractivity contribution in [3.8, 4) is 0 Å². The van der Waals surface area contributed by atoms with E-state index < -0.39 is 21.6 Å². The summed E-state index contributed by atoms with van der Waals surface area (Å²) in [5, 5.41) is 0. The topological polar surface area (TPSA) is 32.8 Å². The van der Waals surface area contributed by atoms with Crippen LogP contribution in [0.4, 0.5) is 0 Å². The maximum absolute atomic E-state index is 12.9. The van der Waals surface area contributed by atoms with Gasteiger partial charge in [-0.25, -0.2) is 9.34 Å². The molecule has 0 aliphatic rings. The van der Waals surface area contributed by atoms with E-state index in [1.165, 1.54) is 0 Å². The summed E-state index contributed by atoms with van der Waals surface area (Å²) in [6.07, 6.45) is 1.65. The van der Waals surface area contributed by atoms with Gasteiger partial charge in [-0.1, -0.05) is 12.7 Å². The third-order valence-electron chi connectivity index (χ3n) is 2.15. The minimum atomic E-state index is -2.71. The first-order chi connectivity index (χ1) is 7.05. The summed E-state index contributed by atoms with van der Waals surface area (Å²) in [6.45, 7) is 10.00. The first-order valence-corrected chi connectivity index (χ1v) is 10.4. The molecule has 6 heteroatoms. The van der Waals surface area contributed by atoms with E-state index in [-0.39, 0.29) is 0 Å². The molecule has 0 aromatic heterocycles. The molecule has 0 spiro atoms. The molecule has 4 nitrogen and oxygen atoms in total. The Labute approximate surface area is 101 Å². The maximum Gasteiger partial charge on any atom is 0.246 e. The molecule has 0 saturated heterocycles. The van der Waals surface area contributed by atoms with Crippen LogP contribution in [-0.2, 0) is 8.99 Å². The van der Waals surface area contributed by atoms with Crippen LogP contribution in [0.5, 0.6) is 0 Å². The van der Waals surface area contributed by atoms with E-state index in [1.807, 2.05) is 28.2 Å². The van der Waals surface area contributed by atoms with E-state index in [0.717, 1.165) is 0 Å². The molecule has 96 valence electrons. The molecule has 0 rings (SSSR count). The van der Waals surface area contributed by atoms with Gasteiger partial charge in [-0.2, -0.15) is 0 Å². The zero-order chi connectivity index (χ0) is 13.1. The van der Waals surface area contributed by atoms with Crippen LogP contribution in [0.2, 0.25) is 19.6 Å². The van der Waals surface area contributed by atoms with Crippen LogP contribution >= 0.6 is 7.44 Å². The monoisotopic (exact) mass is 264 g/mol. The van der Waals surface area contributed by atoms with Gasteiger partial charge in [0.05, 0.1) is 0 Å². The van der Waals surface area contributed by atoms with E-state index in [9.17, 15) is 4.57 Å². The molecule has 0 radical (unpaired) electrons. The summed E-state index contributed by atoms with van der Waals surface area (Å²) >= 11 is 0. The molecule has 1 atom stereocenters. The number of hydrogen-bond donors (Lipinski definition) is 0. The molecule has 16 heavy (non-hydrogen) atoms. The summed E-state index contributed by atoms with van der Waals surface area (Å²) < 4.78 is 22.3. The van der Waals surface area contributed by atoms with Crippen LogP contribution in [0.1, 0.15) is 0 Å². The Morgan fingerprint density at radius 2 is 1.56 bits per heavy atom. The van der Waals surface area contributed by atoms with Gasteiger partial charge in [0.25, 0.3) is 0 Å². The Morgan fingerprint density at radius 1 is 1.19 bits per heavy atom. The highest BCUT2D eigenvalue weighted by Crippen LogP contribution is 2.55. The third kappa shape index (κ3) is 3.82. The first kappa shape index (κ1) is 16.1. The molecule has 0 fully saturated rings. The van der Waals surface area contributed by atoms with Gasteiger partial charge >= 0.3 is 0 Å². The Kier molecular flexibility index (Phi) is 5.63. The molecule has 0 amide bonds. The quantitative estimate of drug-likeness (QED) is 0.419. The summed E-state index contributed by atoms with van der Waals surface area (Å²) in [5.41, 5.74) is 0. The van der Waals surface area contributed by atoms with Gasteiger partial charge in [0.1, 0.15) is 5.85 Å². The lowest BCUT2D eigenvalue weighted by Gasteiger charge is -2.38. The van der Waals surface area contributed by atoms with Crippen molar-refractivity contribution in [2.45, 2.75) is 25.5 Å². The number of rotatable bonds is 6. The van der Waals surface area contributed by atoms with Crippen LogP contribution in [0, 0.1) is 0 Å². The lowest BCUT2D eigenvalue weighted by molar-refractivity contribution is 0.281. The molecular formula is C10H25N2O2PSi. The zero-order valence-electron chi connectivity index (χ0n) is 11.5. The molecule has 0 aromatic rings. The molecule has 0 heterocycles. The molecule has 0 aliphatic carbocycles. The minimum Gasteiger partial charge on any atom is -0.402 e. The van der Waals surface area contributed by atoms with Gasteiger partial charge in [-0.05, 0) is 47.8 Å². The normalized spacial score (nSPS) is 15.6. The smallest absolute Gasteiger partial charge is 0.246 e. The second-order valence-electron chi connectivity index (χ2n) is 5.14. The van der Waals surface area contributed by atoms with Crippen LogP contribution in [0.15, 0.2) is 12.7 Å². The molecular weight excluding hydrogens is 239 g/mol. The molecule has 0 aliphatic heterocycles. The highest BCUT2D eigenvalue weighted by atomic mass is 31.2. The molecule has 0 N–H and O–H groups in total. The van der Waals surface area contributed by atoms with Crippen molar-refractivity contribution in [3.63, 3.8) is 0 Å². The number of nitrogens with zero attached hydrogens (tertiary/aromatic N) is 2. The Bertz CT molecular complexity index is 275. The van der Waals surface area contributed by atoms with Crippen LogP contribution in [-0.4, -0.2) is 51.7 Å². The highest BCUT2D eigenvalue weighted by Gasteiger charge is 2.39. The van der Waals surface area contributed by atoms with Crippen molar-refractivity contribution in [1.82, 2.24) is 9.34 Å². The van der Waals surface area contributed by atoms with Gasteiger partial charge in [-0.3, -0.25) is 4.57 Å².